The molecule has 2 atom stereocenters. The van der Waals surface area contributed by atoms with E-state index in [4.69, 9.17) is 4.74 Å². The van der Waals surface area contributed by atoms with E-state index < -0.39 is 0 Å². The van der Waals surface area contributed by atoms with E-state index in [1.54, 1.807) is 0 Å². The normalized spacial score (nSPS) is 13.8. The number of benzene rings is 1. The Bertz CT molecular complexity index is 378. The topological polar surface area (TPSA) is 26.3 Å². The van der Waals surface area contributed by atoms with Gasteiger partial charge >= 0.3 is 129 Å². The summed E-state index contributed by atoms with van der Waals surface area (Å²) in [6.07, 6.45) is 5.94. The van der Waals surface area contributed by atoms with Crippen LogP contribution in [-0.2, 0) is 9.53 Å². The molecule has 0 aliphatic carbocycles. The van der Waals surface area contributed by atoms with Crippen LogP contribution in [0.25, 0.3) is 0 Å². The van der Waals surface area contributed by atoms with Crippen LogP contribution in [-0.4, -0.2) is 27.0 Å². The van der Waals surface area contributed by atoms with Crippen LogP contribution in [0, 0.1) is 0 Å². The fourth-order valence-electron chi connectivity index (χ4n) is 1.96. The molecule has 3 heteroatoms. The van der Waals surface area contributed by atoms with E-state index in [-0.39, 0.29) is 31.8 Å². The first-order valence-corrected chi connectivity index (χ1v) is 9.40. The van der Waals surface area contributed by atoms with E-state index in [9.17, 15) is 4.79 Å². The van der Waals surface area contributed by atoms with E-state index in [0.717, 1.165) is 12.8 Å². The van der Waals surface area contributed by atoms with Crippen molar-refractivity contribution in [1.82, 2.24) is 0 Å². The molecule has 0 N–H and O–H groups in total. The maximum atomic E-state index is 12.0. The number of carbonyl (C=O) groups excluding carboxylic acids is 1. The summed E-state index contributed by atoms with van der Waals surface area (Å²) in [7, 11) is 0. The van der Waals surface area contributed by atoms with Gasteiger partial charge in [0.25, 0.3) is 0 Å². The minimum atomic E-state index is -0.0446. The molecule has 1 aromatic carbocycles. The van der Waals surface area contributed by atoms with Gasteiger partial charge in [-0.25, -0.2) is 0 Å². The number of hydrogen-bond donors (Lipinski definition) is 0. The molecule has 0 radical (unpaired) electrons. The van der Waals surface area contributed by atoms with Crippen molar-refractivity contribution in [3.63, 3.8) is 0 Å². The number of unbranched alkanes of at least 4 members (excludes halogenated alkanes) is 3. The third kappa shape index (κ3) is 7.12. The monoisotopic (exact) mass is 342 g/mol. The summed E-state index contributed by atoms with van der Waals surface area (Å²) >= 11 is 0.153. The van der Waals surface area contributed by atoms with Crippen molar-refractivity contribution < 1.29 is 9.53 Å². The molecule has 0 saturated heterocycles. The van der Waals surface area contributed by atoms with Gasteiger partial charge in [0.1, 0.15) is 0 Å². The fraction of sp³-hybridized carbons (Fsp3) is 0.588. The van der Waals surface area contributed by atoms with Gasteiger partial charge in [-0.1, -0.05) is 0 Å². The van der Waals surface area contributed by atoms with Crippen LogP contribution >= 0.6 is 0 Å². The van der Waals surface area contributed by atoms with Crippen molar-refractivity contribution in [1.29, 1.82) is 0 Å². The predicted molar refractivity (Wildman–Crippen MR) is 85.6 cm³/mol. The molecule has 2 unspecified atom stereocenters. The SMILES string of the molecule is CCCCCCC(C)OC(=O)C(C)[Se]c1ccccc1. The van der Waals surface area contributed by atoms with Gasteiger partial charge in [0, 0.05) is 0 Å². The van der Waals surface area contributed by atoms with Gasteiger partial charge in [-0.15, -0.1) is 0 Å². The molecule has 0 bridgehead atoms. The van der Waals surface area contributed by atoms with Gasteiger partial charge in [0.05, 0.1) is 0 Å². The summed E-state index contributed by atoms with van der Waals surface area (Å²) in [6.45, 7) is 6.18. The van der Waals surface area contributed by atoms with Gasteiger partial charge in [-0.05, 0) is 0 Å². The van der Waals surface area contributed by atoms with Crippen molar-refractivity contribution >= 4 is 25.4 Å². The van der Waals surface area contributed by atoms with Crippen LogP contribution in [0.1, 0.15) is 52.9 Å². The second-order valence-electron chi connectivity index (χ2n) is 5.17. The summed E-state index contributed by atoms with van der Waals surface area (Å²) < 4.78 is 6.79. The molecule has 0 amide bonds. The van der Waals surface area contributed by atoms with Crippen LogP contribution in [0.3, 0.4) is 0 Å². The molecule has 0 fully saturated rings. The van der Waals surface area contributed by atoms with Gasteiger partial charge in [-0.3, -0.25) is 0 Å². The van der Waals surface area contributed by atoms with E-state index in [0.29, 0.717) is 0 Å². The van der Waals surface area contributed by atoms with Crippen LogP contribution < -0.4 is 4.46 Å². The van der Waals surface area contributed by atoms with Crippen molar-refractivity contribution in [2.24, 2.45) is 0 Å². The summed E-state index contributed by atoms with van der Waals surface area (Å²) in [5, 5.41) is 0. The summed E-state index contributed by atoms with van der Waals surface area (Å²) in [6, 6.07) is 10.2. The zero-order valence-electron chi connectivity index (χ0n) is 12.8. The summed E-state index contributed by atoms with van der Waals surface area (Å²) in [5.74, 6) is -0.0446. The summed E-state index contributed by atoms with van der Waals surface area (Å²) in [5.41, 5.74) is 0. The Balaban J connectivity index is 2.27. The Morgan fingerprint density at radius 2 is 1.85 bits per heavy atom. The Morgan fingerprint density at radius 3 is 2.50 bits per heavy atom. The average molecular weight is 341 g/mol. The fourth-order valence-corrected chi connectivity index (χ4v) is 3.80. The zero-order chi connectivity index (χ0) is 14.8. The Kier molecular flexibility index (Phi) is 8.64. The number of rotatable bonds is 9. The zero-order valence-corrected chi connectivity index (χ0v) is 14.5. The molecule has 0 aliphatic heterocycles. The first kappa shape index (κ1) is 17.3. The van der Waals surface area contributed by atoms with Gasteiger partial charge in [0.15, 0.2) is 0 Å². The summed E-state index contributed by atoms with van der Waals surface area (Å²) in [4.78, 5) is 12.0. The first-order valence-electron chi connectivity index (χ1n) is 7.55. The molecule has 0 saturated carbocycles. The van der Waals surface area contributed by atoms with Gasteiger partial charge in [-0.2, -0.15) is 0 Å². The van der Waals surface area contributed by atoms with E-state index in [2.05, 4.69) is 19.1 Å². The molecular formula is C17H26O2Se. The maximum absolute atomic E-state index is 12.0. The molecule has 0 aromatic heterocycles. The van der Waals surface area contributed by atoms with Crippen molar-refractivity contribution in [3.05, 3.63) is 30.3 Å². The number of esters is 1. The second-order valence-corrected chi connectivity index (χ2v) is 8.14. The molecular weight excluding hydrogens is 315 g/mol. The third-order valence-electron chi connectivity index (χ3n) is 3.17. The molecule has 1 aromatic rings. The van der Waals surface area contributed by atoms with E-state index in [1.807, 2.05) is 32.0 Å². The minimum absolute atomic E-state index is 0.0111. The standard InChI is InChI=1S/C17H26O2Se/c1-4-5-6-8-11-14(2)19-17(18)15(3)20-16-12-9-7-10-13-16/h7,9-10,12-15H,4-6,8,11H2,1-3H3. The molecule has 2 nitrogen and oxygen atoms in total. The van der Waals surface area contributed by atoms with Crippen LogP contribution in [0.5, 0.6) is 0 Å². The quantitative estimate of drug-likeness (QED) is 0.389. The molecule has 20 heavy (non-hydrogen) atoms. The third-order valence-corrected chi connectivity index (χ3v) is 5.46. The second kappa shape index (κ2) is 10.0. The van der Waals surface area contributed by atoms with E-state index >= 15 is 0 Å². The Hall–Kier alpha value is -0.791. The molecule has 0 heterocycles. The van der Waals surface area contributed by atoms with Crippen molar-refractivity contribution in [2.75, 3.05) is 0 Å². The van der Waals surface area contributed by atoms with Crippen molar-refractivity contribution in [2.45, 2.75) is 63.8 Å². The Morgan fingerprint density at radius 1 is 1.15 bits per heavy atom. The van der Waals surface area contributed by atoms with Crippen LogP contribution in [0.2, 0.25) is 4.82 Å². The van der Waals surface area contributed by atoms with Gasteiger partial charge < -0.3 is 0 Å². The number of ether oxygens (including phenoxy) is 1. The van der Waals surface area contributed by atoms with Crippen LogP contribution in [0.4, 0.5) is 0 Å². The number of hydrogen-bond acceptors (Lipinski definition) is 2. The van der Waals surface area contributed by atoms with Crippen molar-refractivity contribution in [3.8, 4) is 0 Å². The van der Waals surface area contributed by atoms with Crippen LogP contribution in [0.15, 0.2) is 30.3 Å². The Labute approximate surface area is 129 Å². The number of carbonyl (C=O) groups is 1. The van der Waals surface area contributed by atoms with Gasteiger partial charge in [0.2, 0.25) is 0 Å². The molecule has 0 spiro atoms. The first-order chi connectivity index (χ1) is 9.63. The predicted octanol–water partition coefficient (Wildman–Crippen LogP) is 3.73. The molecule has 1 rings (SSSR count). The molecule has 0 aliphatic rings. The molecule has 112 valence electrons. The van der Waals surface area contributed by atoms with E-state index in [1.165, 1.54) is 23.7 Å². The average Bonchev–Trinajstić information content (AvgIpc) is 2.44.